The van der Waals surface area contributed by atoms with Crippen molar-refractivity contribution in [2.75, 3.05) is 0 Å². The Morgan fingerprint density at radius 1 is 0.471 bits per heavy atom. The lowest BCUT2D eigenvalue weighted by atomic mass is 10.1. The minimum Gasteiger partial charge on any atom is -0.508 e. The molecule has 82 valence electrons. The predicted octanol–water partition coefficient (Wildman–Crippen LogP) is 4.16. The van der Waals surface area contributed by atoms with E-state index < -0.39 is 0 Å². The van der Waals surface area contributed by atoms with Gasteiger partial charge in [-0.2, -0.15) is 0 Å². The van der Waals surface area contributed by atoms with Gasteiger partial charge in [-0.05, 0) is 34.4 Å². The van der Waals surface area contributed by atoms with Crippen molar-refractivity contribution in [1.82, 2.24) is 0 Å². The number of fused-ring (bicyclic) bond motifs is 1. The van der Waals surface area contributed by atoms with Crippen LogP contribution in [0.5, 0.6) is 5.75 Å². The van der Waals surface area contributed by atoms with Crippen LogP contribution in [-0.4, -0.2) is 5.11 Å². The third-order valence-electron chi connectivity index (χ3n) is 2.97. The van der Waals surface area contributed by atoms with Gasteiger partial charge in [-0.15, -0.1) is 0 Å². The molecule has 1 aromatic carbocycles. The first-order valence-electron chi connectivity index (χ1n) is 5.61. The number of hydrogen-bond acceptors (Lipinski definition) is 1. The molecule has 17 heavy (non-hydrogen) atoms. The van der Waals surface area contributed by atoms with Crippen LogP contribution in [0.4, 0.5) is 0 Å². The first-order chi connectivity index (χ1) is 8.33. The highest BCUT2D eigenvalue weighted by atomic mass is 16.3. The lowest BCUT2D eigenvalue weighted by Gasteiger charge is -1.98. The van der Waals surface area contributed by atoms with Crippen LogP contribution in [0.15, 0.2) is 66.7 Å². The van der Waals surface area contributed by atoms with Crippen molar-refractivity contribution in [3.05, 3.63) is 66.7 Å². The van der Waals surface area contributed by atoms with Gasteiger partial charge in [0.25, 0.3) is 0 Å². The first-order valence-corrected chi connectivity index (χ1v) is 5.61. The molecule has 2 aliphatic carbocycles. The molecule has 1 heteroatoms. The summed E-state index contributed by atoms with van der Waals surface area (Å²) in [5, 5.41) is 9.27. The summed E-state index contributed by atoms with van der Waals surface area (Å²) in [6, 6.07) is 22.0. The highest BCUT2D eigenvalue weighted by molar-refractivity contribution is 5.71. The number of benzene rings is 1. The molecule has 0 bridgehead atoms. The van der Waals surface area contributed by atoms with E-state index in [-0.39, 0.29) is 0 Å². The second kappa shape index (κ2) is 3.95. The van der Waals surface area contributed by atoms with Crippen LogP contribution in [0.2, 0.25) is 0 Å². The Balaban J connectivity index is 2.11. The van der Waals surface area contributed by atoms with Crippen molar-refractivity contribution in [2.45, 2.75) is 0 Å². The van der Waals surface area contributed by atoms with Gasteiger partial charge >= 0.3 is 0 Å². The Bertz CT molecular complexity index is 580. The summed E-state index contributed by atoms with van der Waals surface area (Å²) in [6.45, 7) is 0. The van der Waals surface area contributed by atoms with E-state index in [2.05, 4.69) is 42.5 Å². The van der Waals surface area contributed by atoms with Crippen molar-refractivity contribution < 1.29 is 5.11 Å². The molecule has 0 radical (unpaired) electrons. The van der Waals surface area contributed by atoms with Crippen molar-refractivity contribution >= 4 is 0 Å². The average molecular weight is 220 g/mol. The number of hydrogen-bond donors (Lipinski definition) is 1. The van der Waals surface area contributed by atoms with Crippen molar-refractivity contribution in [3.63, 3.8) is 0 Å². The van der Waals surface area contributed by atoms with Crippen molar-refractivity contribution in [3.8, 4) is 28.0 Å². The van der Waals surface area contributed by atoms with E-state index in [0.29, 0.717) is 5.75 Å². The van der Waals surface area contributed by atoms with Gasteiger partial charge in [0, 0.05) is 0 Å². The van der Waals surface area contributed by atoms with Crippen LogP contribution in [-0.2, 0) is 0 Å². The third-order valence-corrected chi connectivity index (χ3v) is 2.97. The van der Waals surface area contributed by atoms with Gasteiger partial charge in [-0.1, -0.05) is 54.6 Å². The number of phenols is 1. The Morgan fingerprint density at radius 2 is 0.824 bits per heavy atom. The molecule has 3 rings (SSSR count). The Kier molecular flexibility index (Phi) is 2.30. The standard InChI is InChI=1S/C16H12O/c17-16-10-8-15(9-11-16)14-6-4-12-2-1-3-13(12)5-7-14/h1-11,17H. The summed E-state index contributed by atoms with van der Waals surface area (Å²) in [5.74, 6) is 0.299. The Labute approximate surface area is 100 Å². The van der Waals surface area contributed by atoms with Gasteiger partial charge in [-0.3, -0.25) is 0 Å². The number of phenolic OH excluding ortho intramolecular Hbond substituents is 1. The molecule has 0 saturated heterocycles. The highest BCUT2D eigenvalue weighted by Gasteiger charge is 2.01. The monoisotopic (exact) mass is 220 g/mol. The zero-order chi connectivity index (χ0) is 11.7. The zero-order valence-electron chi connectivity index (χ0n) is 9.30. The maximum Gasteiger partial charge on any atom is 0.115 e. The second-order valence-corrected chi connectivity index (χ2v) is 4.11. The van der Waals surface area contributed by atoms with Crippen LogP contribution in [0.25, 0.3) is 22.3 Å². The third kappa shape index (κ3) is 1.87. The van der Waals surface area contributed by atoms with E-state index in [1.165, 1.54) is 11.1 Å². The molecule has 2 aliphatic rings. The average Bonchev–Trinajstić information content (AvgIpc) is 2.70. The molecule has 0 fully saturated rings. The second-order valence-electron chi connectivity index (χ2n) is 4.11. The molecule has 0 atom stereocenters. The van der Waals surface area contributed by atoms with Gasteiger partial charge in [-0.25, -0.2) is 0 Å². The Morgan fingerprint density at radius 3 is 1.29 bits per heavy atom. The van der Waals surface area contributed by atoms with Crippen LogP contribution < -0.4 is 0 Å². The lowest BCUT2D eigenvalue weighted by Crippen LogP contribution is -1.72. The minimum atomic E-state index is 0.299. The fraction of sp³-hybridized carbons (Fsp3) is 0. The first kappa shape index (κ1) is 9.91. The normalized spacial score (nSPS) is 10.6. The molecule has 0 unspecified atom stereocenters. The highest BCUT2D eigenvalue weighted by Crippen LogP contribution is 2.26. The molecular weight excluding hydrogens is 208 g/mol. The van der Waals surface area contributed by atoms with E-state index in [4.69, 9.17) is 0 Å². The van der Waals surface area contributed by atoms with Crippen LogP contribution in [0.3, 0.4) is 0 Å². The smallest absolute Gasteiger partial charge is 0.115 e. The van der Waals surface area contributed by atoms with Crippen molar-refractivity contribution in [1.29, 1.82) is 0 Å². The van der Waals surface area contributed by atoms with Crippen LogP contribution in [0.1, 0.15) is 0 Å². The molecule has 0 amide bonds. The topological polar surface area (TPSA) is 20.2 Å². The summed E-state index contributed by atoms with van der Waals surface area (Å²) in [5.41, 5.74) is 4.76. The summed E-state index contributed by atoms with van der Waals surface area (Å²) in [6.07, 6.45) is 0. The molecule has 0 aromatic heterocycles. The quantitative estimate of drug-likeness (QED) is 0.652. The minimum absolute atomic E-state index is 0.299. The van der Waals surface area contributed by atoms with E-state index >= 15 is 0 Å². The van der Waals surface area contributed by atoms with E-state index in [1.807, 2.05) is 12.1 Å². The molecule has 0 saturated carbocycles. The molecule has 0 aliphatic heterocycles. The van der Waals surface area contributed by atoms with Gasteiger partial charge in [0.2, 0.25) is 0 Å². The molecular formula is C16H12O. The molecule has 0 spiro atoms. The molecule has 1 N–H and O–H groups in total. The summed E-state index contributed by atoms with van der Waals surface area (Å²) >= 11 is 0. The van der Waals surface area contributed by atoms with E-state index in [1.54, 1.807) is 12.1 Å². The molecule has 0 heterocycles. The van der Waals surface area contributed by atoms with Crippen LogP contribution >= 0.6 is 0 Å². The summed E-state index contributed by atoms with van der Waals surface area (Å²) in [4.78, 5) is 0. The fourth-order valence-electron chi connectivity index (χ4n) is 2.01. The number of aromatic hydroxyl groups is 1. The van der Waals surface area contributed by atoms with E-state index in [0.717, 1.165) is 11.1 Å². The van der Waals surface area contributed by atoms with Gasteiger partial charge in [0.15, 0.2) is 0 Å². The van der Waals surface area contributed by atoms with Gasteiger partial charge in [0.05, 0.1) is 0 Å². The largest absolute Gasteiger partial charge is 0.508 e. The SMILES string of the molecule is Oc1ccc(-c2ccc3cccc-3cc2)cc1. The van der Waals surface area contributed by atoms with E-state index in [9.17, 15) is 5.11 Å². The van der Waals surface area contributed by atoms with Gasteiger partial charge < -0.3 is 5.11 Å². The Hall–Kier alpha value is -2.28. The maximum absolute atomic E-state index is 9.27. The maximum atomic E-state index is 9.27. The van der Waals surface area contributed by atoms with Crippen molar-refractivity contribution in [2.24, 2.45) is 0 Å². The zero-order valence-corrected chi connectivity index (χ0v) is 9.30. The molecule has 1 nitrogen and oxygen atoms in total. The summed E-state index contributed by atoms with van der Waals surface area (Å²) < 4.78 is 0. The number of rotatable bonds is 1. The summed E-state index contributed by atoms with van der Waals surface area (Å²) in [7, 11) is 0. The van der Waals surface area contributed by atoms with Gasteiger partial charge in [0.1, 0.15) is 5.75 Å². The molecule has 1 aromatic rings. The predicted molar refractivity (Wildman–Crippen MR) is 70.2 cm³/mol. The fourth-order valence-corrected chi connectivity index (χ4v) is 2.01. The lowest BCUT2D eigenvalue weighted by molar-refractivity contribution is 0.475. The van der Waals surface area contributed by atoms with Crippen LogP contribution in [0, 0.1) is 0 Å².